The first-order valence-electron chi connectivity index (χ1n) is 6.28. The molecule has 0 aliphatic rings. The first-order valence-corrected chi connectivity index (χ1v) is 6.28. The highest BCUT2D eigenvalue weighted by Crippen LogP contribution is 2.32. The second-order valence-electron chi connectivity index (χ2n) is 5.10. The maximum atomic E-state index is 12.9. The van der Waals surface area contributed by atoms with Gasteiger partial charge in [-0.15, -0.1) is 0 Å². The molecule has 0 amide bonds. The molecule has 0 saturated heterocycles. The lowest BCUT2D eigenvalue weighted by Gasteiger charge is -2.26. The lowest BCUT2D eigenvalue weighted by atomic mass is 10.1. The molecule has 0 aliphatic carbocycles. The molecular weight excluding hydrogens is 271 g/mol. The minimum Gasteiger partial charge on any atom is -0.382 e. The van der Waals surface area contributed by atoms with E-state index in [0.29, 0.717) is 13.2 Å². The summed E-state index contributed by atoms with van der Waals surface area (Å²) in [5.41, 5.74) is -1.26. The summed E-state index contributed by atoms with van der Waals surface area (Å²) in [6, 6.07) is 2.00. The number of hydrogen-bond donors (Lipinski definition) is 2. The number of alkyl halides is 3. The smallest absolute Gasteiger partial charge is 0.382 e. The van der Waals surface area contributed by atoms with Crippen LogP contribution in [0.3, 0.4) is 0 Å². The van der Waals surface area contributed by atoms with Crippen molar-refractivity contribution in [1.29, 1.82) is 0 Å². The number of ether oxygens (including phenoxy) is 1. The van der Waals surface area contributed by atoms with Gasteiger partial charge in [0.1, 0.15) is 11.6 Å². The molecule has 1 aromatic rings. The van der Waals surface area contributed by atoms with Crippen molar-refractivity contribution in [2.24, 2.45) is 0 Å². The van der Waals surface area contributed by atoms with Gasteiger partial charge in [-0.2, -0.15) is 13.2 Å². The van der Waals surface area contributed by atoms with Crippen LogP contribution in [0.4, 0.5) is 24.8 Å². The molecule has 20 heavy (non-hydrogen) atoms. The first kappa shape index (κ1) is 16.6. The maximum absolute atomic E-state index is 12.9. The zero-order valence-electron chi connectivity index (χ0n) is 12.1. The van der Waals surface area contributed by atoms with Gasteiger partial charge in [-0.1, -0.05) is 0 Å². The summed E-state index contributed by atoms with van der Waals surface area (Å²) in [7, 11) is 1.53. The number of methoxy groups -OCH3 is 1. The van der Waals surface area contributed by atoms with Crippen LogP contribution >= 0.6 is 0 Å². The van der Waals surface area contributed by atoms with E-state index < -0.39 is 17.3 Å². The number of pyridine rings is 1. The Labute approximate surface area is 116 Å². The molecule has 2 N–H and O–H groups in total. The highest BCUT2D eigenvalue weighted by Gasteiger charge is 2.32. The minimum atomic E-state index is -4.41. The Bertz CT molecular complexity index is 447. The second kappa shape index (κ2) is 6.30. The van der Waals surface area contributed by atoms with Crippen LogP contribution < -0.4 is 10.6 Å². The van der Waals surface area contributed by atoms with Crippen molar-refractivity contribution >= 4 is 11.6 Å². The fourth-order valence-electron chi connectivity index (χ4n) is 1.77. The van der Waals surface area contributed by atoms with Crippen LogP contribution in [0.25, 0.3) is 0 Å². The largest absolute Gasteiger partial charge is 0.416 e. The summed E-state index contributed by atoms with van der Waals surface area (Å²) in [4.78, 5) is 4.13. The molecule has 1 heterocycles. The lowest BCUT2D eigenvalue weighted by Crippen LogP contribution is -2.36. The van der Waals surface area contributed by atoms with E-state index in [1.807, 2.05) is 13.8 Å². The SMILES string of the molecule is CCNc1cc(C(F)(F)F)cc(NC(C)(C)COC)n1. The van der Waals surface area contributed by atoms with Gasteiger partial charge in [0, 0.05) is 13.7 Å². The Morgan fingerprint density at radius 1 is 1.20 bits per heavy atom. The maximum Gasteiger partial charge on any atom is 0.416 e. The quantitative estimate of drug-likeness (QED) is 0.843. The third-order valence-electron chi connectivity index (χ3n) is 2.48. The van der Waals surface area contributed by atoms with E-state index in [0.717, 1.165) is 12.1 Å². The van der Waals surface area contributed by atoms with Crippen LogP contribution in [0, 0.1) is 0 Å². The predicted octanol–water partition coefficient (Wildman–Crippen LogP) is 3.37. The lowest BCUT2D eigenvalue weighted by molar-refractivity contribution is -0.137. The number of hydrogen-bond acceptors (Lipinski definition) is 4. The van der Waals surface area contributed by atoms with E-state index in [2.05, 4.69) is 15.6 Å². The van der Waals surface area contributed by atoms with Gasteiger partial charge in [-0.25, -0.2) is 4.98 Å². The highest BCUT2D eigenvalue weighted by molar-refractivity contribution is 5.50. The normalized spacial score (nSPS) is 12.3. The molecule has 1 rings (SSSR count). The van der Waals surface area contributed by atoms with Gasteiger partial charge in [0.25, 0.3) is 0 Å². The molecule has 0 radical (unpaired) electrons. The Kier molecular flexibility index (Phi) is 5.21. The second-order valence-corrected chi connectivity index (χ2v) is 5.10. The molecule has 0 atom stereocenters. The van der Waals surface area contributed by atoms with Crippen molar-refractivity contribution in [1.82, 2.24) is 4.98 Å². The van der Waals surface area contributed by atoms with Crippen LogP contribution in [0.2, 0.25) is 0 Å². The van der Waals surface area contributed by atoms with Crippen molar-refractivity contribution in [3.63, 3.8) is 0 Å². The Hall–Kier alpha value is -1.50. The zero-order chi connectivity index (χ0) is 15.4. The molecule has 0 spiro atoms. The molecule has 0 saturated carbocycles. The van der Waals surface area contributed by atoms with Crippen molar-refractivity contribution in [2.75, 3.05) is 30.9 Å². The molecule has 114 valence electrons. The van der Waals surface area contributed by atoms with Gasteiger partial charge in [0.2, 0.25) is 0 Å². The summed E-state index contributed by atoms with van der Waals surface area (Å²) >= 11 is 0. The van der Waals surface area contributed by atoms with Gasteiger partial charge in [0.15, 0.2) is 0 Å². The number of halogens is 3. The van der Waals surface area contributed by atoms with E-state index in [-0.39, 0.29) is 11.6 Å². The zero-order valence-corrected chi connectivity index (χ0v) is 12.1. The topological polar surface area (TPSA) is 46.2 Å². The summed E-state index contributed by atoms with van der Waals surface area (Å²) in [5.74, 6) is 0.357. The highest BCUT2D eigenvalue weighted by atomic mass is 19.4. The van der Waals surface area contributed by atoms with Crippen LogP contribution in [0.5, 0.6) is 0 Å². The Morgan fingerprint density at radius 2 is 1.80 bits per heavy atom. The van der Waals surface area contributed by atoms with Crippen molar-refractivity contribution < 1.29 is 17.9 Å². The van der Waals surface area contributed by atoms with Crippen molar-refractivity contribution in [3.05, 3.63) is 17.7 Å². The van der Waals surface area contributed by atoms with Crippen molar-refractivity contribution in [3.8, 4) is 0 Å². The summed E-state index contributed by atoms with van der Waals surface area (Å²) in [6.07, 6.45) is -4.41. The molecule has 0 unspecified atom stereocenters. The molecule has 1 aromatic heterocycles. The van der Waals surface area contributed by atoms with Gasteiger partial charge >= 0.3 is 6.18 Å². The molecule has 0 fully saturated rings. The number of nitrogens with zero attached hydrogens (tertiary/aromatic N) is 1. The minimum absolute atomic E-state index is 0.165. The third-order valence-corrected chi connectivity index (χ3v) is 2.48. The van der Waals surface area contributed by atoms with Crippen LogP contribution in [0.15, 0.2) is 12.1 Å². The molecule has 0 aromatic carbocycles. The van der Waals surface area contributed by atoms with E-state index in [1.54, 1.807) is 6.92 Å². The number of rotatable bonds is 6. The van der Waals surface area contributed by atoms with Crippen LogP contribution in [-0.4, -0.2) is 30.8 Å². The van der Waals surface area contributed by atoms with Crippen LogP contribution in [0.1, 0.15) is 26.3 Å². The standard InChI is InChI=1S/C13H20F3N3O/c1-5-17-10-6-9(13(14,15)16)7-11(18-10)19-12(2,3)8-20-4/h6-7H,5,8H2,1-4H3,(H2,17,18,19). The van der Waals surface area contributed by atoms with E-state index in [1.165, 1.54) is 7.11 Å². The summed E-state index contributed by atoms with van der Waals surface area (Å²) < 4.78 is 43.6. The number of anilines is 2. The molecule has 7 heteroatoms. The number of nitrogens with one attached hydrogen (secondary N) is 2. The molecular formula is C13H20F3N3O. The van der Waals surface area contributed by atoms with Crippen molar-refractivity contribution in [2.45, 2.75) is 32.5 Å². The van der Waals surface area contributed by atoms with Gasteiger partial charge in [-0.05, 0) is 32.9 Å². The fraction of sp³-hybridized carbons (Fsp3) is 0.615. The van der Waals surface area contributed by atoms with Gasteiger partial charge in [-0.3, -0.25) is 0 Å². The summed E-state index contributed by atoms with van der Waals surface area (Å²) in [5, 5.41) is 5.75. The van der Waals surface area contributed by atoms with Gasteiger partial charge < -0.3 is 15.4 Å². The van der Waals surface area contributed by atoms with E-state index >= 15 is 0 Å². The van der Waals surface area contributed by atoms with E-state index in [4.69, 9.17) is 4.74 Å². The fourth-order valence-corrected chi connectivity index (χ4v) is 1.77. The van der Waals surface area contributed by atoms with E-state index in [9.17, 15) is 13.2 Å². The Morgan fingerprint density at radius 3 is 2.30 bits per heavy atom. The first-order chi connectivity index (χ1) is 9.18. The Balaban J connectivity index is 3.09. The monoisotopic (exact) mass is 291 g/mol. The predicted molar refractivity (Wildman–Crippen MR) is 73.0 cm³/mol. The van der Waals surface area contributed by atoms with Gasteiger partial charge in [0.05, 0.1) is 17.7 Å². The van der Waals surface area contributed by atoms with Crippen LogP contribution in [-0.2, 0) is 10.9 Å². The number of aromatic nitrogens is 1. The molecule has 0 bridgehead atoms. The molecule has 4 nitrogen and oxygen atoms in total. The summed E-state index contributed by atoms with van der Waals surface area (Å²) in [6.45, 7) is 6.29. The third kappa shape index (κ3) is 4.88. The average Bonchev–Trinajstić information content (AvgIpc) is 2.26. The molecule has 0 aliphatic heterocycles. The average molecular weight is 291 g/mol.